The van der Waals surface area contributed by atoms with Crippen LogP contribution in [0.3, 0.4) is 0 Å². The minimum absolute atomic E-state index is 0.00194. The number of ether oxygens (including phenoxy) is 2. The Morgan fingerprint density at radius 2 is 1.82 bits per heavy atom. The van der Waals surface area contributed by atoms with E-state index in [2.05, 4.69) is 21.7 Å². The maximum atomic E-state index is 13.7. The van der Waals surface area contributed by atoms with Crippen LogP contribution < -0.4 is 10.2 Å². The zero-order valence-electron chi connectivity index (χ0n) is 22.2. The van der Waals surface area contributed by atoms with Gasteiger partial charge in [-0.15, -0.1) is 0 Å². The van der Waals surface area contributed by atoms with Crippen LogP contribution in [-0.2, 0) is 32.3 Å². The molecule has 8 nitrogen and oxygen atoms in total. The summed E-state index contributed by atoms with van der Waals surface area (Å²) in [7, 11) is 0. The lowest BCUT2D eigenvalue weighted by atomic mass is 9.85. The number of carbonyl (C=O) groups is 2. The third-order valence-corrected chi connectivity index (χ3v) is 8.87. The molecule has 1 spiro atoms. The van der Waals surface area contributed by atoms with Crippen molar-refractivity contribution in [1.82, 2.24) is 10.2 Å². The molecule has 2 aromatic carbocycles. The Morgan fingerprint density at radius 1 is 1.07 bits per heavy atom. The van der Waals surface area contributed by atoms with Gasteiger partial charge in [-0.25, -0.2) is 0 Å². The number of likely N-dealkylation sites (tertiary alicyclic amines) is 1. The smallest absolute Gasteiger partial charge is 0.288 e. The summed E-state index contributed by atoms with van der Waals surface area (Å²) in [6.45, 7) is 1.72. The molecule has 2 N–H and O–H groups in total. The fraction of sp³-hybridized carbons (Fsp3) is 0.355. The molecule has 3 aromatic rings. The lowest BCUT2D eigenvalue weighted by Crippen LogP contribution is -2.57. The summed E-state index contributed by atoms with van der Waals surface area (Å²) in [4.78, 5) is 30.7. The molecule has 0 radical (unpaired) electrons. The van der Waals surface area contributed by atoms with Crippen molar-refractivity contribution >= 4 is 28.8 Å². The molecule has 3 aliphatic rings. The Kier molecular flexibility index (Phi) is 7.60. The highest BCUT2D eigenvalue weighted by Crippen LogP contribution is 2.38. The number of nitrogens with zero attached hydrogens (tertiary/aromatic N) is 2. The third kappa shape index (κ3) is 5.24. The summed E-state index contributed by atoms with van der Waals surface area (Å²) in [5.41, 5.74) is 3.30. The van der Waals surface area contributed by atoms with Crippen LogP contribution in [0.4, 0.5) is 5.69 Å². The molecule has 1 aromatic heterocycles. The summed E-state index contributed by atoms with van der Waals surface area (Å²) in [6.07, 6.45) is 3.05. The van der Waals surface area contributed by atoms with Gasteiger partial charge in [0, 0.05) is 31.1 Å². The first-order valence-electron chi connectivity index (χ1n) is 13.7. The van der Waals surface area contributed by atoms with Gasteiger partial charge in [-0.1, -0.05) is 42.5 Å². The van der Waals surface area contributed by atoms with Crippen LogP contribution in [0.2, 0.25) is 0 Å². The molecule has 208 valence electrons. The molecule has 0 bridgehead atoms. The largest absolute Gasteiger partial charge is 0.459 e. The number of hydrogen-bond acceptors (Lipinski definition) is 7. The van der Waals surface area contributed by atoms with Crippen LogP contribution in [0.15, 0.2) is 83.3 Å². The van der Waals surface area contributed by atoms with E-state index in [0.29, 0.717) is 51.4 Å². The predicted octanol–water partition coefficient (Wildman–Crippen LogP) is 4.13. The second-order valence-corrected chi connectivity index (χ2v) is 11.3. The first kappa shape index (κ1) is 26.6. The SMILES string of the molecule is O=C(C1=C[C@@H](c2ccsc2)C[C@@H](OCc2ccc(CO)cc2)O1)N1CCC2(CC1)C(=O)NCN2c1ccccc1. The number of nitrogens with one attached hydrogen (secondary N) is 1. The number of rotatable bonds is 7. The summed E-state index contributed by atoms with van der Waals surface area (Å²) in [5, 5.41) is 16.4. The molecule has 0 unspecified atom stereocenters. The number of carbonyl (C=O) groups excluding carboxylic acids is 2. The number of benzene rings is 2. The van der Waals surface area contributed by atoms with Gasteiger partial charge in [0.05, 0.1) is 19.9 Å². The quantitative estimate of drug-likeness (QED) is 0.453. The van der Waals surface area contributed by atoms with Crippen LogP contribution in [0.1, 0.15) is 41.9 Å². The Balaban J connectivity index is 1.15. The van der Waals surface area contributed by atoms with Crippen molar-refractivity contribution in [2.75, 3.05) is 24.7 Å². The molecular formula is C31H33N3O5S. The Morgan fingerprint density at radius 3 is 2.52 bits per heavy atom. The highest BCUT2D eigenvalue weighted by molar-refractivity contribution is 7.08. The molecule has 2 fully saturated rings. The number of aliphatic hydroxyl groups is 1. The molecule has 2 amide bonds. The fourth-order valence-corrected chi connectivity index (χ4v) is 6.55. The Labute approximate surface area is 237 Å². The molecular weight excluding hydrogens is 526 g/mol. The maximum absolute atomic E-state index is 13.7. The van der Waals surface area contributed by atoms with Crippen LogP contribution in [0.25, 0.3) is 0 Å². The first-order chi connectivity index (χ1) is 19.6. The summed E-state index contributed by atoms with van der Waals surface area (Å²) in [6, 6.07) is 19.6. The van der Waals surface area contributed by atoms with Crippen LogP contribution >= 0.6 is 11.3 Å². The maximum Gasteiger partial charge on any atom is 0.288 e. The van der Waals surface area contributed by atoms with E-state index in [-0.39, 0.29) is 24.3 Å². The second kappa shape index (κ2) is 11.4. The lowest BCUT2D eigenvalue weighted by Gasteiger charge is -2.43. The van der Waals surface area contributed by atoms with Gasteiger partial charge in [-0.2, -0.15) is 11.3 Å². The zero-order valence-corrected chi connectivity index (χ0v) is 23.0. The molecule has 3 aliphatic heterocycles. The van der Waals surface area contributed by atoms with Crippen LogP contribution in [0.5, 0.6) is 0 Å². The predicted molar refractivity (Wildman–Crippen MR) is 152 cm³/mol. The topological polar surface area (TPSA) is 91.3 Å². The van der Waals surface area contributed by atoms with Gasteiger partial charge in [0.2, 0.25) is 12.2 Å². The van der Waals surface area contributed by atoms with Crippen molar-refractivity contribution in [2.24, 2.45) is 0 Å². The van der Waals surface area contributed by atoms with Gasteiger partial charge in [-0.3, -0.25) is 9.59 Å². The molecule has 0 aliphatic carbocycles. The number of amides is 2. The van der Waals surface area contributed by atoms with Crippen molar-refractivity contribution in [2.45, 2.75) is 50.2 Å². The summed E-state index contributed by atoms with van der Waals surface area (Å²) < 4.78 is 12.3. The average molecular weight is 560 g/mol. The number of anilines is 1. The molecule has 6 rings (SSSR count). The van der Waals surface area contributed by atoms with Gasteiger partial charge < -0.3 is 29.7 Å². The first-order valence-corrected chi connectivity index (χ1v) is 14.6. The minimum Gasteiger partial charge on any atom is -0.459 e. The monoisotopic (exact) mass is 559 g/mol. The van der Waals surface area contributed by atoms with E-state index in [1.165, 1.54) is 0 Å². The minimum atomic E-state index is -0.656. The van der Waals surface area contributed by atoms with Crippen LogP contribution in [0, 0.1) is 0 Å². The molecule has 0 saturated carbocycles. The van der Waals surface area contributed by atoms with Gasteiger partial charge in [0.25, 0.3) is 5.91 Å². The average Bonchev–Trinajstić information content (AvgIpc) is 3.66. The molecule has 9 heteroatoms. The number of thiophene rings is 1. The van der Waals surface area contributed by atoms with E-state index in [4.69, 9.17) is 9.47 Å². The molecule has 2 atom stereocenters. The van der Waals surface area contributed by atoms with E-state index in [9.17, 15) is 14.7 Å². The number of aliphatic hydroxyl groups excluding tert-OH is 1. The van der Waals surface area contributed by atoms with Crippen molar-refractivity contribution < 1.29 is 24.2 Å². The van der Waals surface area contributed by atoms with E-state index >= 15 is 0 Å². The summed E-state index contributed by atoms with van der Waals surface area (Å²) >= 11 is 1.63. The van der Waals surface area contributed by atoms with Gasteiger partial charge in [0.15, 0.2) is 5.76 Å². The van der Waals surface area contributed by atoms with E-state index in [0.717, 1.165) is 22.4 Å². The van der Waals surface area contributed by atoms with Crippen LogP contribution in [-0.4, -0.2) is 53.4 Å². The highest BCUT2D eigenvalue weighted by Gasteiger charge is 2.51. The summed E-state index contributed by atoms with van der Waals surface area (Å²) in [5.74, 6) is 0.163. The molecule has 2 saturated heterocycles. The van der Waals surface area contributed by atoms with Crippen molar-refractivity contribution in [3.05, 3.63) is 99.9 Å². The Hall–Kier alpha value is -3.66. The van der Waals surface area contributed by atoms with Gasteiger partial charge in [-0.05, 0) is 64.6 Å². The van der Waals surface area contributed by atoms with Crippen molar-refractivity contribution in [3.63, 3.8) is 0 Å². The second-order valence-electron chi connectivity index (χ2n) is 10.5. The van der Waals surface area contributed by atoms with E-state index in [1.807, 2.05) is 66.1 Å². The number of piperidine rings is 1. The number of hydrogen-bond donors (Lipinski definition) is 2. The number of para-hydroxylation sites is 1. The van der Waals surface area contributed by atoms with E-state index < -0.39 is 11.8 Å². The molecule has 4 heterocycles. The lowest BCUT2D eigenvalue weighted by molar-refractivity contribution is -0.157. The van der Waals surface area contributed by atoms with Crippen molar-refractivity contribution in [3.8, 4) is 0 Å². The third-order valence-electron chi connectivity index (χ3n) is 8.16. The normalized spacial score (nSPS) is 22.1. The van der Waals surface area contributed by atoms with E-state index in [1.54, 1.807) is 16.2 Å². The fourth-order valence-electron chi connectivity index (χ4n) is 5.83. The van der Waals surface area contributed by atoms with Gasteiger partial charge >= 0.3 is 0 Å². The number of allylic oxidation sites excluding steroid dienone is 1. The van der Waals surface area contributed by atoms with Crippen molar-refractivity contribution in [1.29, 1.82) is 0 Å². The Bertz CT molecular complexity index is 1350. The molecule has 40 heavy (non-hydrogen) atoms. The zero-order chi connectivity index (χ0) is 27.5. The highest BCUT2D eigenvalue weighted by atomic mass is 32.1. The van der Waals surface area contributed by atoms with Gasteiger partial charge in [0.1, 0.15) is 5.54 Å². The standard InChI is InChI=1S/C31H33N3O5S/c35-18-22-6-8-23(9-7-22)19-38-28-17-25(24-10-15-40-20-24)16-27(39-28)29(36)33-13-11-31(12-14-33)30(37)32-21-34(31)26-4-2-1-3-5-26/h1-10,15-16,20,25,28,35H,11-14,17-19,21H2,(H,32,37)/t25-,28+/m1/s1.